The van der Waals surface area contributed by atoms with Crippen LogP contribution in [0.1, 0.15) is 13.8 Å². The second kappa shape index (κ2) is 7.31. The minimum atomic E-state index is -0.724. The zero-order valence-electron chi connectivity index (χ0n) is 11.0. The molecule has 1 aromatic carbocycles. The first-order valence-corrected chi connectivity index (χ1v) is 6.72. The van der Waals surface area contributed by atoms with Crippen LogP contribution in [0, 0.1) is 0 Å². The van der Waals surface area contributed by atoms with E-state index in [4.69, 9.17) is 33.0 Å². The first kappa shape index (κ1) is 16.5. The molecule has 0 aromatic heterocycles. The van der Waals surface area contributed by atoms with Gasteiger partial charge >= 0.3 is 0 Å². The van der Waals surface area contributed by atoms with E-state index in [1.54, 1.807) is 18.2 Å². The maximum absolute atomic E-state index is 9.80. The molecule has 0 aliphatic carbocycles. The first-order chi connectivity index (χ1) is 8.85. The van der Waals surface area contributed by atoms with Crippen molar-refractivity contribution in [3.63, 3.8) is 0 Å². The van der Waals surface area contributed by atoms with Gasteiger partial charge in [0.2, 0.25) is 0 Å². The van der Waals surface area contributed by atoms with Crippen LogP contribution in [0.4, 0.5) is 0 Å². The van der Waals surface area contributed by atoms with Crippen LogP contribution in [-0.4, -0.2) is 41.6 Å². The van der Waals surface area contributed by atoms with E-state index in [0.29, 0.717) is 22.3 Å². The van der Waals surface area contributed by atoms with Gasteiger partial charge in [-0.15, -0.1) is 0 Å². The average molecular weight is 308 g/mol. The van der Waals surface area contributed by atoms with Crippen LogP contribution in [0.5, 0.6) is 5.75 Å². The number of aliphatic hydroxyl groups is 2. The van der Waals surface area contributed by atoms with E-state index in [1.807, 2.05) is 13.8 Å². The van der Waals surface area contributed by atoms with Gasteiger partial charge < -0.3 is 20.3 Å². The molecule has 1 atom stereocenters. The van der Waals surface area contributed by atoms with Crippen LogP contribution in [-0.2, 0) is 0 Å². The van der Waals surface area contributed by atoms with Crippen LogP contribution < -0.4 is 10.1 Å². The maximum Gasteiger partial charge on any atom is 0.156 e. The van der Waals surface area contributed by atoms with Crippen LogP contribution in [0.25, 0.3) is 0 Å². The van der Waals surface area contributed by atoms with Crippen molar-refractivity contribution in [1.29, 1.82) is 0 Å². The predicted molar refractivity (Wildman–Crippen MR) is 77.1 cm³/mol. The van der Waals surface area contributed by atoms with Gasteiger partial charge in [-0.25, -0.2) is 0 Å². The number of rotatable bonds is 7. The fourth-order valence-electron chi connectivity index (χ4n) is 1.31. The van der Waals surface area contributed by atoms with E-state index >= 15 is 0 Å². The van der Waals surface area contributed by atoms with Gasteiger partial charge in [-0.2, -0.15) is 0 Å². The third-order valence-electron chi connectivity index (χ3n) is 2.55. The smallest absolute Gasteiger partial charge is 0.156 e. The van der Waals surface area contributed by atoms with Crippen molar-refractivity contribution in [2.75, 3.05) is 19.8 Å². The summed E-state index contributed by atoms with van der Waals surface area (Å²) in [5, 5.41) is 22.7. The molecule has 3 N–H and O–H groups in total. The number of hydrogen-bond donors (Lipinski definition) is 3. The lowest BCUT2D eigenvalue weighted by molar-refractivity contribution is 0.0907. The zero-order valence-corrected chi connectivity index (χ0v) is 12.5. The molecule has 0 spiro atoms. The summed E-state index contributed by atoms with van der Waals surface area (Å²) in [6.45, 7) is 4.03. The van der Waals surface area contributed by atoms with Crippen molar-refractivity contribution in [2.24, 2.45) is 0 Å². The fourth-order valence-corrected chi connectivity index (χ4v) is 1.82. The van der Waals surface area contributed by atoms with Crippen LogP contribution in [0.3, 0.4) is 0 Å². The number of β-amino-alcohol motifs (C(OH)–C–C–N with tert-alkyl or cyclic N) is 1. The summed E-state index contributed by atoms with van der Waals surface area (Å²) in [6, 6.07) is 5.06. The van der Waals surface area contributed by atoms with E-state index in [0.717, 1.165) is 0 Å². The third kappa shape index (κ3) is 5.55. The molecule has 6 heteroatoms. The van der Waals surface area contributed by atoms with Crippen LogP contribution in [0.15, 0.2) is 18.2 Å². The quantitative estimate of drug-likeness (QED) is 0.722. The molecule has 19 heavy (non-hydrogen) atoms. The molecule has 0 amide bonds. The predicted octanol–water partition coefficient (Wildman–Crippen LogP) is 2.09. The number of benzene rings is 1. The lowest BCUT2D eigenvalue weighted by Crippen LogP contribution is -2.47. The summed E-state index contributed by atoms with van der Waals surface area (Å²) in [6.07, 6.45) is -0.724. The first-order valence-electron chi connectivity index (χ1n) is 5.96. The number of ether oxygens (including phenoxy) is 1. The van der Waals surface area contributed by atoms with Crippen molar-refractivity contribution in [3.8, 4) is 5.75 Å². The van der Waals surface area contributed by atoms with Gasteiger partial charge in [0.15, 0.2) is 5.75 Å². The van der Waals surface area contributed by atoms with Crippen molar-refractivity contribution in [1.82, 2.24) is 5.32 Å². The lowest BCUT2D eigenvalue weighted by atomic mass is 10.1. The molecule has 0 heterocycles. The highest BCUT2D eigenvalue weighted by Crippen LogP contribution is 2.32. The molecule has 0 aliphatic heterocycles. The Morgan fingerprint density at radius 2 is 1.89 bits per heavy atom. The second-order valence-corrected chi connectivity index (χ2v) is 5.75. The van der Waals surface area contributed by atoms with Gasteiger partial charge in [0.1, 0.15) is 12.7 Å². The molecular weight excluding hydrogens is 289 g/mol. The standard InChI is InChI=1S/C13H19Cl2NO3/c1-13(2,8-17)16-6-9(18)7-19-12-10(14)4-3-5-11(12)15/h3-5,9,16-18H,6-8H2,1-2H3. The number of nitrogens with one attached hydrogen (secondary N) is 1. The van der Waals surface area contributed by atoms with E-state index < -0.39 is 11.6 Å². The Labute approximate surface area is 123 Å². The molecule has 0 aliphatic rings. The van der Waals surface area contributed by atoms with Crippen molar-refractivity contribution < 1.29 is 14.9 Å². The number of para-hydroxylation sites is 1. The van der Waals surface area contributed by atoms with Crippen LogP contribution >= 0.6 is 23.2 Å². The molecule has 0 saturated carbocycles. The molecule has 0 bridgehead atoms. The van der Waals surface area contributed by atoms with Gasteiger partial charge in [0.25, 0.3) is 0 Å². The Kier molecular flexibility index (Phi) is 6.36. The molecule has 4 nitrogen and oxygen atoms in total. The van der Waals surface area contributed by atoms with Gasteiger partial charge in [-0.05, 0) is 26.0 Å². The summed E-state index contributed by atoms with van der Waals surface area (Å²) in [5.74, 6) is 0.367. The summed E-state index contributed by atoms with van der Waals surface area (Å²) in [5.41, 5.74) is -0.441. The summed E-state index contributed by atoms with van der Waals surface area (Å²) < 4.78 is 5.41. The topological polar surface area (TPSA) is 61.7 Å². The molecule has 108 valence electrons. The number of hydrogen-bond acceptors (Lipinski definition) is 4. The van der Waals surface area contributed by atoms with Crippen molar-refractivity contribution in [2.45, 2.75) is 25.5 Å². The summed E-state index contributed by atoms with van der Waals surface area (Å²) in [4.78, 5) is 0. The molecule has 1 unspecified atom stereocenters. The van der Waals surface area contributed by atoms with Crippen molar-refractivity contribution in [3.05, 3.63) is 28.2 Å². The molecule has 1 aromatic rings. The highest BCUT2D eigenvalue weighted by atomic mass is 35.5. The SMILES string of the molecule is CC(C)(CO)NCC(O)COc1c(Cl)cccc1Cl. The molecule has 0 saturated heterocycles. The summed E-state index contributed by atoms with van der Waals surface area (Å²) in [7, 11) is 0. The maximum atomic E-state index is 9.80. The number of halogens is 2. The van der Waals surface area contributed by atoms with E-state index in [1.165, 1.54) is 0 Å². The minimum Gasteiger partial charge on any atom is -0.488 e. The number of aliphatic hydroxyl groups excluding tert-OH is 2. The van der Waals surface area contributed by atoms with Gasteiger partial charge in [0.05, 0.1) is 16.7 Å². The average Bonchev–Trinajstić information content (AvgIpc) is 2.36. The van der Waals surface area contributed by atoms with Crippen molar-refractivity contribution >= 4 is 23.2 Å². The zero-order chi connectivity index (χ0) is 14.5. The highest BCUT2D eigenvalue weighted by molar-refractivity contribution is 6.37. The summed E-state index contributed by atoms with van der Waals surface area (Å²) >= 11 is 11.9. The molecule has 0 radical (unpaired) electrons. The van der Waals surface area contributed by atoms with Gasteiger partial charge in [-0.3, -0.25) is 0 Å². The monoisotopic (exact) mass is 307 g/mol. The lowest BCUT2D eigenvalue weighted by Gasteiger charge is -2.25. The fraction of sp³-hybridized carbons (Fsp3) is 0.538. The van der Waals surface area contributed by atoms with Crippen LogP contribution in [0.2, 0.25) is 10.0 Å². The largest absolute Gasteiger partial charge is 0.488 e. The Hall–Kier alpha value is -0.520. The Balaban J connectivity index is 2.44. The molecular formula is C13H19Cl2NO3. The Morgan fingerprint density at radius 1 is 1.32 bits per heavy atom. The van der Waals surface area contributed by atoms with E-state index in [-0.39, 0.29) is 13.2 Å². The highest BCUT2D eigenvalue weighted by Gasteiger charge is 2.17. The second-order valence-electron chi connectivity index (χ2n) is 4.94. The van der Waals surface area contributed by atoms with E-state index in [2.05, 4.69) is 5.32 Å². The molecule has 0 fully saturated rings. The molecule has 1 rings (SSSR count). The third-order valence-corrected chi connectivity index (χ3v) is 3.15. The van der Waals surface area contributed by atoms with Gasteiger partial charge in [-0.1, -0.05) is 29.3 Å². The Morgan fingerprint density at radius 3 is 2.42 bits per heavy atom. The Bertz CT molecular complexity index is 393. The van der Waals surface area contributed by atoms with Gasteiger partial charge in [0, 0.05) is 12.1 Å². The van der Waals surface area contributed by atoms with E-state index in [9.17, 15) is 5.11 Å². The normalized spacial score (nSPS) is 13.4. The minimum absolute atomic E-state index is 0.0169.